The lowest BCUT2D eigenvalue weighted by Gasteiger charge is -2.28. The van der Waals surface area contributed by atoms with E-state index >= 15 is 0 Å². The normalized spacial score (nSPS) is 24.2. The molecule has 6 heteroatoms. The van der Waals surface area contributed by atoms with Gasteiger partial charge in [-0.3, -0.25) is 0 Å². The zero-order chi connectivity index (χ0) is 13.7. The Morgan fingerprint density at radius 2 is 2.37 bits per heavy atom. The van der Waals surface area contributed by atoms with Crippen molar-refractivity contribution in [1.29, 1.82) is 0 Å². The molecule has 1 aliphatic rings. The van der Waals surface area contributed by atoms with Gasteiger partial charge in [-0.2, -0.15) is 0 Å². The second-order valence-electron chi connectivity index (χ2n) is 4.39. The summed E-state index contributed by atoms with van der Waals surface area (Å²) in [5.74, 6) is 0. The van der Waals surface area contributed by atoms with Gasteiger partial charge in [-0.05, 0) is 31.2 Å². The minimum Gasteiger partial charge on any atom is -0.396 e. The molecule has 0 amide bonds. The van der Waals surface area contributed by atoms with E-state index < -0.39 is 0 Å². The van der Waals surface area contributed by atoms with Crippen LogP contribution in [-0.2, 0) is 14.2 Å². The highest BCUT2D eigenvalue weighted by molar-refractivity contribution is 8.01. The first-order chi connectivity index (χ1) is 9.24. The highest BCUT2D eigenvalue weighted by atomic mass is 32.2. The van der Waals surface area contributed by atoms with Gasteiger partial charge in [0.2, 0.25) is 0 Å². The predicted octanol–water partition coefficient (Wildman–Crippen LogP) is 3.02. The molecule has 0 spiro atoms. The fourth-order valence-electron chi connectivity index (χ4n) is 1.97. The van der Waals surface area contributed by atoms with E-state index in [1.807, 2.05) is 18.7 Å². The van der Waals surface area contributed by atoms with Crippen LogP contribution in [0.1, 0.15) is 31.4 Å². The number of thioether (sulfide) groups is 1. The maximum atomic E-state index is 9.09. The number of fused-ring (bicyclic) bond motifs is 1. The largest absolute Gasteiger partial charge is 0.396 e. The quantitative estimate of drug-likeness (QED) is 0.785. The molecule has 19 heavy (non-hydrogen) atoms. The van der Waals surface area contributed by atoms with Gasteiger partial charge in [-0.25, -0.2) is 0 Å². The van der Waals surface area contributed by atoms with Crippen molar-refractivity contribution in [3.8, 4) is 0 Å². The summed E-state index contributed by atoms with van der Waals surface area (Å²) in [6.07, 6.45) is 1.52. The number of hydrogen-bond donors (Lipinski definition) is 1. The Morgan fingerprint density at radius 1 is 1.53 bits per heavy atom. The number of aliphatic hydroxyl groups excluding tert-OH is 1. The molecule has 0 saturated carbocycles. The number of methoxy groups -OCH3 is 1. The van der Waals surface area contributed by atoms with Crippen molar-refractivity contribution in [3.05, 3.63) is 17.0 Å². The summed E-state index contributed by atoms with van der Waals surface area (Å²) >= 11 is 3.59. The van der Waals surface area contributed by atoms with Gasteiger partial charge >= 0.3 is 0 Å². The van der Waals surface area contributed by atoms with Gasteiger partial charge in [0.05, 0.1) is 10.3 Å². The lowest BCUT2D eigenvalue weighted by Crippen LogP contribution is -2.21. The molecule has 2 heterocycles. The third kappa shape index (κ3) is 4.18. The van der Waals surface area contributed by atoms with E-state index in [9.17, 15) is 0 Å². The molecule has 0 fully saturated rings. The molecular formula is C13H20O4S2. The number of hydrogen-bond acceptors (Lipinski definition) is 6. The lowest BCUT2D eigenvalue weighted by molar-refractivity contribution is -0.190. The number of ether oxygens (including phenoxy) is 3. The number of aliphatic hydroxyl groups is 1. The summed E-state index contributed by atoms with van der Waals surface area (Å²) < 4.78 is 17.5. The van der Waals surface area contributed by atoms with Crippen LogP contribution in [0.3, 0.4) is 0 Å². The van der Waals surface area contributed by atoms with Crippen LogP contribution < -0.4 is 0 Å². The average molecular weight is 304 g/mol. The molecular weight excluding hydrogens is 284 g/mol. The number of thiophene rings is 1. The Labute approximate surface area is 122 Å². The molecule has 3 unspecified atom stereocenters. The van der Waals surface area contributed by atoms with Crippen molar-refractivity contribution in [2.75, 3.05) is 20.5 Å². The highest BCUT2D eigenvalue weighted by Gasteiger charge is 2.29. The maximum Gasteiger partial charge on any atom is 0.157 e. The Hall–Kier alpha value is -0.110. The zero-order valence-electron chi connectivity index (χ0n) is 11.2. The molecule has 4 nitrogen and oxygen atoms in total. The van der Waals surface area contributed by atoms with Crippen molar-refractivity contribution in [2.45, 2.75) is 41.6 Å². The maximum absolute atomic E-state index is 9.09. The third-order valence-corrected chi connectivity index (χ3v) is 5.62. The van der Waals surface area contributed by atoms with Crippen LogP contribution >= 0.6 is 23.1 Å². The van der Waals surface area contributed by atoms with E-state index in [4.69, 9.17) is 19.3 Å². The molecule has 0 aliphatic carbocycles. The fourth-order valence-corrected chi connectivity index (χ4v) is 4.57. The molecule has 0 saturated heterocycles. The SMILES string of the molecule is COC(C)OCOC1CC(CCO)Sc2sccc21. The summed E-state index contributed by atoms with van der Waals surface area (Å²) in [5.41, 5.74) is 1.25. The van der Waals surface area contributed by atoms with Crippen LogP contribution in [0.5, 0.6) is 0 Å². The number of rotatable bonds is 7. The van der Waals surface area contributed by atoms with Gasteiger partial charge in [-0.1, -0.05) is 0 Å². The van der Waals surface area contributed by atoms with Crippen LogP contribution in [0.4, 0.5) is 0 Å². The van der Waals surface area contributed by atoms with Crippen molar-refractivity contribution in [3.63, 3.8) is 0 Å². The highest BCUT2D eigenvalue weighted by Crippen LogP contribution is 2.46. The molecule has 0 bridgehead atoms. The Kier molecular flexibility index (Phi) is 6.12. The Bertz CT molecular complexity index is 382. The second-order valence-corrected chi connectivity index (χ2v) is 6.88. The molecule has 1 N–H and O–H groups in total. The van der Waals surface area contributed by atoms with Crippen LogP contribution in [0.15, 0.2) is 15.7 Å². The zero-order valence-corrected chi connectivity index (χ0v) is 12.8. The Balaban J connectivity index is 1.92. The molecule has 1 aliphatic heterocycles. The monoisotopic (exact) mass is 304 g/mol. The van der Waals surface area contributed by atoms with Gasteiger partial charge in [0.25, 0.3) is 0 Å². The van der Waals surface area contributed by atoms with Crippen molar-refractivity contribution in [2.24, 2.45) is 0 Å². The molecule has 1 aromatic heterocycles. The van der Waals surface area contributed by atoms with Crippen molar-refractivity contribution < 1.29 is 19.3 Å². The standard InChI is InChI=1S/C13H20O4S2/c1-9(15-2)16-8-17-12-7-10(3-5-14)19-13-11(12)4-6-18-13/h4,6,9-10,12,14H,3,5,7-8H2,1-2H3. The molecule has 2 rings (SSSR count). The average Bonchev–Trinajstić information content (AvgIpc) is 2.87. The van der Waals surface area contributed by atoms with E-state index in [-0.39, 0.29) is 25.8 Å². The van der Waals surface area contributed by atoms with Crippen LogP contribution in [0.25, 0.3) is 0 Å². The van der Waals surface area contributed by atoms with E-state index in [2.05, 4.69) is 11.4 Å². The van der Waals surface area contributed by atoms with E-state index in [1.54, 1.807) is 18.4 Å². The summed E-state index contributed by atoms with van der Waals surface area (Å²) in [6, 6.07) is 2.12. The van der Waals surface area contributed by atoms with Gasteiger partial charge in [0.15, 0.2) is 13.1 Å². The van der Waals surface area contributed by atoms with Crippen molar-refractivity contribution >= 4 is 23.1 Å². The third-order valence-electron chi connectivity index (χ3n) is 3.11. The smallest absolute Gasteiger partial charge is 0.157 e. The molecule has 1 aromatic rings. The molecule has 0 radical (unpaired) electrons. The van der Waals surface area contributed by atoms with Gasteiger partial charge in [-0.15, -0.1) is 23.1 Å². The summed E-state index contributed by atoms with van der Waals surface area (Å²) in [7, 11) is 1.61. The first-order valence-electron chi connectivity index (χ1n) is 6.35. The van der Waals surface area contributed by atoms with Crippen LogP contribution in [-0.4, -0.2) is 37.2 Å². The Morgan fingerprint density at radius 3 is 3.11 bits per heavy atom. The van der Waals surface area contributed by atoms with Gasteiger partial charge in [0, 0.05) is 24.5 Å². The lowest BCUT2D eigenvalue weighted by atomic mass is 10.1. The van der Waals surface area contributed by atoms with Crippen LogP contribution in [0.2, 0.25) is 0 Å². The molecule has 3 atom stereocenters. The molecule has 0 aromatic carbocycles. The fraction of sp³-hybridized carbons (Fsp3) is 0.692. The predicted molar refractivity (Wildman–Crippen MR) is 76.5 cm³/mol. The minimum absolute atomic E-state index is 0.0584. The minimum atomic E-state index is -0.256. The first kappa shape index (κ1) is 15.3. The van der Waals surface area contributed by atoms with E-state index in [0.717, 1.165) is 12.8 Å². The van der Waals surface area contributed by atoms with Crippen molar-refractivity contribution in [1.82, 2.24) is 0 Å². The summed E-state index contributed by atoms with van der Waals surface area (Å²) in [4.78, 5) is 0. The summed E-state index contributed by atoms with van der Waals surface area (Å²) in [6.45, 7) is 2.29. The summed E-state index contributed by atoms with van der Waals surface area (Å²) in [5, 5.41) is 11.6. The topological polar surface area (TPSA) is 47.9 Å². The van der Waals surface area contributed by atoms with Gasteiger partial charge < -0.3 is 19.3 Å². The molecule has 108 valence electrons. The van der Waals surface area contributed by atoms with E-state index in [1.165, 1.54) is 9.77 Å². The van der Waals surface area contributed by atoms with Gasteiger partial charge in [0.1, 0.15) is 0 Å². The van der Waals surface area contributed by atoms with Crippen LogP contribution in [0, 0.1) is 0 Å². The second kappa shape index (κ2) is 7.61. The van der Waals surface area contributed by atoms with E-state index in [0.29, 0.717) is 5.25 Å². The first-order valence-corrected chi connectivity index (χ1v) is 8.11.